The minimum absolute atomic E-state index is 0.0125. The van der Waals surface area contributed by atoms with Gasteiger partial charge in [-0.15, -0.1) is 10.2 Å². The Labute approximate surface area is 145 Å². The van der Waals surface area contributed by atoms with Crippen molar-refractivity contribution in [2.45, 2.75) is 32.7 Å². The molecule has 1 aliphatic rings. The van der Waals surface area contributed by atoms with Crippen molar-refractivity contribution in [2.75, 3.05) is 18.0 Å². The van der Waals surface area contributed by atoms with Gasteiger partial charge < -0.3 is 15.2 Å². The van der Waals surface area contributed by atoms with E-state index in [2.05, 4.69) is 36.4 Å². The van der Waals surface area contributed by atoms with Gasteiger partial charge in [0.05, 0.1) is 11.3 Å². The Kier molecular flexibility index (Phi) is 3.99. The number of amides is 1. The third-order valence-corrected chi connectivity index (χ3v) is 4.71. The van der Waals surface area contributed by atoms with Crippen LogP contribution in [0.25, 0.3) is 22.1 Å². The number of nitrogens with one attached hydrogen (secondary N) is 2. The molecule has 25 heavy (non-hydrogen) atoms. The van der Waals surface area contributed by atoms with Gasteiger partial charge in [-0.05, 0) is 38.8 Å². The predicted octanol–water partition coefficient (Wildman–Crippen LogP) is 2.25. The molecular formula is C18H22N6O. The van der Waals surface area contributed by atoms with Crippen LogP contribution in [0, 0.1) is 5.92 Å². The van der Waals surface area contributed by atoms with E-state index in [0.29, 0.717) is 5.65 Å². The number of H-pyrrole nitrogens is 1. The highest BCUT2D eigenvalue weighted by molar-refractivity contribution is 6.08. The van der Waals surface area contributed by atoms with E-state index >= 15 is 0 Å². The molecule has 1 amide bonds. The summed E-state index contributed by atoms with van der Waals surface area (Å²) in [6.45, 7) is 5.64. The Bertz CT molecular complexity index is 918. The number of aromatic amines is 1. The molecule has 7 nitrogen and oxygen atoms in total. The van der Waals surface area contributed by atoms with Crippen LogP contribution in [0.3, 0.4) is 0 Å². The number of carbonyl (C=O) groups is 1. The zero-order valence-electron chi connectivity index (χ0n) is 14.5. The molecule has 1 saturated heterocycles. The van der Waals surface area contributed by atoms with E-state index in [-0.39, 0.29) is 17.9 Å². The first-order valence-electron chi connectivity index (χ1n) is 8.77. The van der Waals surface area contributed by atoms with Crippen molar-refractivity contribution in [3.63, 3.8) is 0 Å². The summed E-state index contributed by atoms with van der Waals surface area (Å²) in [5, 5.41) is 13.5. The lowest BCUT2D eigenvalue weighted by Crippen LogP contribution is -2.44. The van der Waals surface area contributed by atoms with Crippen molar-refractivity contribution < 1.29 is 4.79 Å². The van der Waals surface area contributed by atoms with Crippen molar-refractivity contribution in [3.05, 3.63) is 24.5 Å². The summed E-state index contributed by atoms with van der Waals surface area (Å²) in [5.74, 6) is 0.157. The molecule has 0 aromatic carbocycles. The molecule has 1 unspecified atom stereocenters. The standard InChI is InChI=1S/C18H22N6O/c1-11(2)21-18(25)12-4-3-9-24(10-12)14-6-8-20-17-15(14)13-5-7-19-16(13)22-23-17/h5-8,11-12H,3-4,9-10H2,1-2H3,(H,20,23)(H,21,25). The van der Waals surface area contributed by atoms with Gasteiger partial charge in [-0.1, -0.05) is 0 Å². The average molecular weight is 338 g/mol. The number of nitrogens with zero attached hydrogens (tertiary/aromatic N) is 4. The number of carbonyl (C=O) groups excluding carboxylic acids is 1. The molecule has 0 bridgehead atoms. The second-order valence-electron chi connectivity index (χ2n) is 6.92. The van der Waals surface area contributed by atoms with Crippen LogP contribution in [0.5, 0.6) is 0 Å². The Morgan fingerprint density at radius 3 is 3.08 bits per heavy atom. The SMILES string of the molecule is CC(C)NC(=O)C1CCCN(c2cc[nH]c3nnc4nccc4c23)C1. The lowest BCUT2D eigenvalue weighted by Gasteiger charge is -2.34. The van der Waals surface area contributed by atoms with E-state index in [1.807, 2.05) is 26.1 Å². The second-order valence-corrected chi connectivity index (χ2v) is 6.92. The molecule has 0 radical (unpaired) electrons. The Morgan fingerprint density at radius 2 is 2.24 bits per heavy atom. The average Bonchev–Trinajstić information content (AvgIpc) is 3.09. The number of rotatable bonds is 3. The predicted molar refractivity (Wildman–Crippen MR) is 97.4 cm³/mol. The number of anilines is 1. The van der Waals surface area contributed by atoms with Crippen molar-refractivity contribution in [1.29, 1.82) is 0 Å². The van der Waals surface area contributed by atoms with Crippen LogP contribution in [-0.2, 0) is 4.79 Å². The highest BCUT2D eigenvalue weighted by Gasteiger charge is 2.27. The van der Waals surface area contributed by atoms with Gasteiger partial charge in [-0.3, -0.25) is 4.79 Å². The van der Waals surface area contributed by atoms with Crippen molar-refractivity contribution in [1.82, 2.24) is 25.5 Å². The summed E-state index contributed by atoms with van der Waals surface area (Å²) < 4.78 is 0. The lowest BCUT2D eigenvalue weighted by atomic mass is 9.96. The summed E-state index contributed by atoms with van der Waals surface area (Å²) in [7, 11) is 0. The van der Waals surface area contributed by atoms with Gasteiger partial charge in [-0.25, -0.2) is 4.98 Å². The molecule has 3 aromatic heterocycles. The Morgan fingerprint density at radius 1 is 1.36 bits per heavy atom. The number of piperidine rings is 1. The van der Waals surface area contributed by atoms with Crippen LogP contribution in [-0.4, -0.2) is 45.2 Å². The molecule has 0 saturated carbocycles. The van der Waals surface area contributed by atoms with Gasteiger partial charge in [0.25, 0.3) is 0 Å². The lowest BCUT2D eigenvalue weighted by molar-refractivity contribution is -0.125. The second kappa shape index (κ2) is 6.31. The normalized spacial score (nSPS) is 18.2. The first-order valence-corrected chi connectivity index (χ1v) is 8.77. The topological polar surface area (TPSA) is 86.8 Å². The largest absolute Gasteiger partial charge is 0.370 e. The summed E-state index contributed by atoms with van der Waals surface area (Å²) in [6, 6.07) is 4.19. The van der Waals surface area contributed by atoms with E-state index in [9.17, 15) is 4.79 Å². The fourth-order valence-corrected chi connectivity index (χ4v) is 3.60. The molecule has 2 N–H and O–H groups in total. The number of fused-ring (bicyclic) bond motifs is 3. The van der Waals surface area contributed by atoms with Crippen LogP contribution in [0.2, 0.25) is 0 Å². The van der Waals surface area contributed by atoms with E-state index < -0.39 is 0 Å². The third kappa shape index (κ3) is 2.90. The number of hydrogen-bond donors (Lipinski definition) is 2. The van der Waals surface area contributed by atoms with Gasteiger partial charge >= 0.3 is 0 Å². The van der Waals surface area contributed by atoms with Crippen LogP contribution in [0.4, 0.5) is 5.69 Å². The number of aromatic nitrogens is 4. The highest BCUT2D eigenvalue weighted by atomic mass is 16.2. The van der Waals surface area contributed by atoms with E-state index in [0.717, 1.165) is 48.0 Å². The Hall–Kier alpha value is -2.70. The summed E-state index contributed by atoms with van der Waals surface area (Å²) in [4.78, 5) is 22.2. The molecule has 1 aliphatic heterocycles. The molecule has 4 rings (SSSR count). The molecule has 1 atom stereocenters. The third-order valence-electron chi connectivity index (χ3n) is 4.71. The zero-order valence-corrected chi connectivity index (χ0v) is 14.5. The van der Waals surface area contributed by atoms with Gasteiger partial charge in [0.2, 0.25) is 5.91 Å². The van der Waals surface area contributed by atoms with Gasteiger partial charge in [-0.2, -0.15) is 0 Å². The highest BCUT2D eigenvalue weighted by Crippen LogP contribution is 2.32. The molecule has 0 aliphatic carbocycles. The molecule has 3 aromatic rings. The first kappa shape index (κ1) is 15.8. The summed E-state index contributed by atoms with van der Waals surface area (Å²) >= 11 is 0. The van der Waals surface area contributed by atoms with Crippen LogP contribution < -0.4 is 10.2 Å². The Balaban J connectivity index is 1.71. The van der Waals surface area contributed by atoms with Crippen LogP contribution >= 0.6 is 0 Å². The summed E-state index contributed by atoms with van der Waals surface area (Å²) in [5.41, 5.74) is 2.48. The maximum absolute atomic E-state index is 12.4. The monoisotopic (exact) mass is 338 g/mol. The van der Waals surface area contributed by atoms with Crippen LogP contribution in [0.1, 0.15) is 26.7 Å². The van der Waals surface area contributed by atoms with Crippen molar-refractivity contribution in [2.24, 2.45) is 5.92 Å². The maximum atomic E-state index is 12.4. The minimum atomic E-state index is 0.0125. The molecule has 4 heterocycles. The van der Waals surface area contributed by atoms with E-state index in [1.54, 1.807) is 6.20 Å². The van der Waals surface area contributed by atoms with E-state index in [4.69, 9.17) is 0 Å². The molecule has 0 spiro atoms. The smallest absolute Gasteiger partial charge is 0.225 e. The molecule has 130 valence electrons. The first-order chi connectivity index (χ1) is 12.1. The number of hydrogen-bond acceptors (Lipinski definition) is 5. The quantitative estimate of drug-likeness (QED) is 0.765. The van der Waals surface area contributed by atoms with Crippen LogP contribution in [0.15, 0.2) is 24.5 Å². The fourth-order valence-electron chi connectivity index (χ4n) is 3.60. The molecular weight excluding hydrogens is 316 g/mol. The van der Waals surface area contributed by atoms with Gasteiger partial charge in [0.15, 0.2) is 11.3 Å². The number of pyridine rings is 1. The molecule has 7 heteroatoms. The zero-order chi connectivity index (χ0) is 17.4. The maximum Gasteiger partial charge on any atom is 0.225 e. The summed E-state index contributed by atoms with van der Waals surface area (Å²) in [6.07, 6.45) is 5.56. The van der Waals surface area contributed by atoms with E-state index in [1.165, 1.54) is 0 Å². The molecule has 1 fully saturated rings. The van der Waals surface area contributed by atoms with Gasteiger partial charge in [0.1, 0.15) is 0 Å². The van der Waals surface area contributed by atoms with Crippen molar-refractivity contribution in [3.8, 4) is 0 Å². The minimum Gasteiger partial charge on any atom is -0.370 e. The van der Waals surface area contributed by atoms with Crippen molar-refractivity contribution >= 4 is 33.7 Å². The fraction of sp³-hybridized carbons (Fsp3) is 0.444. The van der Waals surface area contributed by atoms with Gasteiger partial charge in [0, 0.05) is 42.6 Å².